The molecular weight excluding hydrogens is 790 g/mol. The number of primary amides is 1. The molecule has 15 N–H and O–H groups in total. The fourth-order valence-corrected chi connectivity index (χ4v) is 4.88. The zero-order valence-electron chi connectivity index (χ0n) is 33.2. The molecule has 25 nitrogen and oxygen atoms in total. The largest absolute Gasteiger partial charge is 0.481 e. The van der Waals surface area contributed by atoms with Gasteiger partial charge in [-0.2, -0.15) is 0 Å². The van der Waals surface area contributed by atoms with Crippen LogP contribution in [-0.4, -0.2) is 140 Å². The quantitative estimate of drug-likeness (QED) is 0.0351. The van der Waals surface area contributed by atoms with E-state index >= 15 is 0 Å². The molecule has 0 saturated heterocycles. The normalized spacial score (nSPS) is 14.4. The van der Waals surface area contributed by atoms with Gasteiger partial charge < -0.3 is 69.1 Å². The predicted octanol–water partition coefficient (Wildman–Crippen LogP) is -4.78. The van der Waals surface area contributed by atoms with Crippen molar-refractivity contribution < 1.29 is 78.0 Å². The van der Waals surface area contributed by atoms with Crippen LogP contribution in [0.5, 0.6) is 0 Å². The molecule has 0 bridgehead atoms. The van der Waals surface area contributed by atoms with E-state index in [0.717, 1.165) is 6.92 Å². The van der Waals surface area contributed by atoms with Crippen molar-refractivity contribution in [2.75, 3.05) is 6.54 Å². The van der Waals surface area contributed by atoms with Crippen LogP contribution >= 0.6 is 0 Å². The fraction of sp³-hybridized carbons (Fsp3) is 0.647. The lowest BCUT2D eigenvalue weighted by atomic mass is 9.99. The molecule has 0 unspecified atom stereocenters. The zero-order valence-corrected chi connectivity index (χ0v) is 33.2. The highest BCUT2D eigenvalue weighted by molar-refractivity contribution is 5.98. The van der Waals surface area contributed by atoms with Gasteiger partial charge >= 0.3 is 23.9 Å². The van der Waals surface area contributed by atoms with Gasteiger partial charge in [0.1, 0.15) is 42.8 Å². The van der Waals surface area contributed by atoms with Crippen LogP contribution in [0.4, 0.5) is 0 Å². The van der Waals surface area contributed by atoms with E-state index in [0.29, 0.717) is 0 Å². The summed E-state index contributed by atoms with van der Waals surface area (Å²) < 4.78 is 0. The number of carboxylic acids is 4. The number of rotatable bonds is 28. The third-order valence-corrected chi connectivity index (χ3v) is 8.31. The SMILES string of the molecule is CC(C)[C@H](N)C(=O)N[C@H](C(=O)N[C@@H](CCC(=O)O)C(=O)N[C@@H](CCC(=O)O)C(=O)N[C@@H](C)C(=O)N[C@@H](CCC(=O)O)C(=O)N[C@@H](CC(N)=O)C(=O)NCC(=O)O)C(C)C. The lowest BCUT2D eigenvalue weighted by Crippen LogP contribution is -2.60. The van der Waals surface area contributed by atoms with E-state index in [2.05, 4.69) is 31.9 Å². The Morgan fingerprint density at radius 1 is 0.458 bits per heavy atom. The number of nitrogens with one attached hydrogen (secondary N) is 7. The van der Waals surface area contributed by atoms with Gasteiger partial charge in [0.05, 0.1) is 12.5 Å². The molecule has 59 heavy (non-hydrogen) atoms. The first-order chi connectivity index (χ1) is 27.3. The van der Waals surface area contributed by atoms with Gasteiger partial charge in [-0.05, 0) is 38.0 Å². The van der Waals surface area contributed by atoms with E-state index in [1.165, 1.54) is 0 Å². The third-order valence-electron chi connectivity index (χ3n) is 8.31. The van der Waals surface area contributed by atoms with Crippen molar-refractivity contribution in [3.05, 3.63) is 0 Å². The number of hydrogen-bond acceptors (Lipinski definition) is 13. The number of carboxylic acid groups (broad SMARTS) is 4. The molecule has 0 radical (unpaired) electrons. The summed E-state index contributed by atoms with van der Waals surface area (Å²) in [5.74, 6) is -15.0. The van der Waals surface area contributed by atoms with E-state index < -0.39 is 171 Å². The summed E-state index contributed by atoms with van der Waals surface area (Å²) in [6.07, 6.45) is -4.63. The standard InChI is InChI=1S/C34H55N9O16/c1-14(2)26(36)33(58)43-27(15(3)4)34(59)41-19(8-11-24(49)50)31(56)40-17(6-9-22(45)46)30(55)38-16(5)28(53)39-18(7-10-23(47)48)32(57)42-20(12-21(35)44)29(54)37-13-25(51)52/h14-20,26-27H,6-13,36H2,1-5H3,(H2,35,44)(H,37,54)(H,38,55)(H,39,53)(H,40,56)(H,41,59)(H,42,57)(H,43,58)(H,45,46)(H,47,48)(H,49,50)(H,51,52)/t16-,17-,18-,19-,20-,26-,27-/m0/s1. The average Bonchev–Trinajstić information content (AvgIpc) is 3.12. The molecule has 7 atom stereocenters. The van der Waals surface area contributed by atoms with Crippen molar-refractivity contribution in [1.82, 2.24) is 37.2 Å². The maximum absolute atomic E-state index is 13.5. The minimum atomic E-state index is -1.75. The van der Waals surface area contributed by atoms with Crippen LogP contribution in [0.1, 0.15) is 79.6 Å². The number of nitrogens with two attached hydrogens (primary N) is 2. The molecule has 0 fully saturated rings. The molecule has 332 valence electrons. The lowest BCUT2D eigenvalue weighted by Gasteiger charge is -2.28. The van der Waals surface area contributed by atoms with Crippen molar-refractivity contribution in [3.8, 4) is 0 Å². The zero-order chi connectivity index (χ0) is 45.7. The average molecular weight is 846 g/mol. The summed E-state index contributed by atoms with van der Waals surface area (Å²) in [4.78, 5) is 148. The van der Waals surface area contributed by atoms with E-state index in [1.54, 1.807) is 27.7 Å². The van der Waals surface area contributed by atoms with E-state index in [9.17, 15) is 72.9 Å². The molecule has 0 aromatic rings. The second-order valence-corrected chi connectivity index (χ2v) is 14.1. The first kappa shape index (κ1) is 52.6. The molecule has 0 saturated carbocycles. The number of hydrogen-bond donors (Lipinski definition) is 13. The molecule has 0 aromatic carbocycles. The number of carbonyl (C=O) groups is 12. The second kappa shape index (κ2) is 25.8. The number of amides is 8. The smallest absolute Gasteiger partial charge is 0.322 e. The highest BCUT2D eigenvalue weighted by atomic mass is 16.4. The fourth-order valence-electron chi connectivity index (χ4n) is 4.88. The molecule has 0 aliphatic carbocycles. The topological polar surface area (TPSA) is 422 Å². The second-order valence-electron chi connectivity index (χ2n) is 14.1. The van der Waals surface area contributed by atoms with Crippen molar-refractivity contribution in [1.29, 1.82) is 0 Å². The Labute approximate surface area is 337 Å². The Bertz CT molecular complexity index is 1590. The predicted molar refractivity (Wildman–Crippen MR) is 200 cm³/mol. The molecule has 0 aromatic heterocycles. The van der Waals surface area contributed by atoms with Crippen molar-refractivity contribution >= 4 is 71.1 Å². The van der Waals surface area contributed by atoms with Gasteiger partial charge in [-0.1, -0.05) is 27.7 Å². The molecule has 0 heterocycles. The van der Waals surface area contributed by atoms with Gasteiger partial charge in [0.25, 0.3) is 0 Å². The lowest BCUT2D eigenvalue weighted by molar-refractivity contribution is -0.140. The van der Waals surface area contributed by atoms with Crippen molar-refractivity contribution in [2.24, 2.45) is 23.3 Å². The Hall–Kier alpha value is -6.40. The van der Waals surface area contributed by atoms with Crippen LogP contribution in [0.25, 0.3) is 0 Å². The third kappa shape index (κ3) is 21.1. The van der Waals surface area contributed by atoms with Crippen LogP contribution in [0.3, 0.4) is 0 Å². The Morgan fingerprint density at radius 3 is 1.22 bits per heavy atom. The van der Waals surface area contributed by atoms with Gasteiger partial charge in [-0.25, -0.2) is 0 Å². The molecule has 0 aliphatic heterocycles. The summed E-state index contributed by atoms with van der Waals surface area (Å²) >= 11 is 0. The number of aliphatic carboxylic acids is 4. The summed E-state index contributed by atoms with van der Waals surface area (Å²) in [6, 6.07) is -10.7. The Morgan fingerprint density at radius 2 is 0.847 bits per heavy atom. The van der Waals surface area contributed by atoms with Crippen LogP contribution in [-0.2, 0) is 57.5 Å². The summed E-state index contributed by atoms with van der Waals surface area (Å²) in [7, 11) is 0. The van der Waals surface area contributed by atoms with Crippen LogP contribution in [0, 0.1) is 11.8 Å². The Kier molecular flexibility index (Phi) is 23.0. The van der Waals surface area contributed by atoms with Crippen LogP contribution in [0.15, 0.2) is 0 Å². The molecule has 0 aliphatic rings. The van der Waals surface area contributed by atoms with Crippen LogP contribution in [0.2, 0.25) is 0 Å². The molecular formula is C34H55N9O16. The highest BCUT2D eigenvalue weighted by Crippen LogP contribution is 2.09. The monoisotopic (exact) mass is 845 g/mol. The first-order valence-electron chi connectivity index (χ1n) is 18.3. The maximum Gasteiger partial charge on any atom is 0.322 e. The number of carbonyl (C=O) groups excluding carboxylic acids is 8. The minimum Gasteiger partial charge on any atom is -0.481 e. The van der Waals surface area contributed by atoms with Gasteiger partial charge in [0.2, 0.25) is 47.3 Å². The summed E-state index contributed by atoms with van der Waals surface area (Å²) in [5.41, 5.74) is 11.0. The van der Waals surface area contributed by atoms with Gasteiger partial charge in [-0.15, -0.1) is 0 Å². The van der Waals surface area contributed by atoms with Gasteiger partial charge in [0.15, 0.2) is 0 Å². The maximum atomic E-state index is 13.5. The van der Waals surface area contributed by atoms with E-state index in [1.807, 2.05) is 5.32 Å². The Balaban J connectivity index is 6.26. The van der Waals surface area contributed by atoms with Crippen molar-refractivity contribution in [3.63, 3.8) is 0 Å². The van der Waals surface area contributed by atoms with E-state index in [4.69, 9.17) is 16.6 Å². The van der Waals surface area contributed by atoms with Gasteiger partial charge in [-0.3, -0.25) is 57.5 Å². The molecule has 0 rings (SSSR count). The summed E-state index contributed by atoms with van der Waals surface area (Å²) in [5, 5.41) is 52.1. The van der Waals surface area contributed by atoms with Gasteiger partial charge in [0, 0.05) is 19.3 Å². The van der Waals surface area contributed by atoms with E-state index in [-0.39, 0.29) is 5.92 Å². The van der Waals surface area contributed by atoms with Crippen molar-refractivity contribution in [2.45, 2.75) is 122 Å². The van der Waals surface area contributed by atoms with Crippen LogP contribution < -0.4 is 48.7 Å². The summed E-state index contributed by atoms with van der Waals surface area (Å²) in [6.45, 7) is 6.68. The molecule has 25 heteroatoms. The highest BCUT2D eigenvalue weighted by Gasteiger charge is 2.34. The minimum absolute atomic E-state index is 0.305. The molecule has 8 amide bonds. The first-order valence-corrected chi connectivity index (χ1v) is 18.3. The molecule has 0 spiro atoms.